The van der Waals surface area contributed by atoms with Crippen molar-refractivity contribution in [1.82, 2.24) is 5.32 Å². The van der Waals surface area contributed by atoms with Crippen LogP contribution >= 0.6 is 0 Å². The molecule has 0 aliphatic carbocycles. The molecule has 0 spiro atoms. The van der Waals surface area contributed by atoms with E-state index in [-0.39, 0.29) is 11.9 Å². The monoisotopic (exact) mass is 290 g/mol. The Morgan fingerprint density at radius 2 is 2.00 bits per heavy atom. The summed E-state index contributed by atoms with van der Waals surface area (Å²) in [5, 5.41) is 12.8. The molecule has 1 heterocycles. The number of para-hydroxylation sites is 1. The van der Waals surface area contributed by atoms with Crippen LogP contribution in [0.4, 0.5) is 0 Å². The molecule has 0 aliphatic rings. The number of benzene rings is 2. The average Bonchev–Trinajstić information content (AvgIpc) is 2.99. The molecule has 4 nitrogen and oxygen atoms in total. The Hall–Kier alpha value is -3.06. The van der Waals surface area contributed by atoms with E-state index in [9.17, 15) is 4.79 Å². The second-order valence-electron chi connectivity index (χ2n) is 5.07. The maximum Gasteiger partial charge on any atom is 0.251 e. The lowest BCUT2D eigenvalue weighted by Gasteiger charge is -2.11. The van der Waals surface area contributed by atoms with Gasteiger partial charge >= 0.3 is 0 Å². The first-order valence-corrected chi connectivity index (χ1v) is 6.97. The Balaban J connectivity index is 1.79. The third-order valence-corrected chi connectivity index (χ3v) is 3.47. The molecular formula is C18H14N2O2. The van der Waals surface area contributed by atoms with Crippen LogP contribution in [0.2, 0.25) is 0 Å². The Bertz CT molecular complexity index is 841. The lowest BCUT2D eigenvalue weighted by atomic mass is 10.1. The van der Waals surface area contributed by atoms with E-state index in [1.54, 1.807) is 24.3 Å². The fourth-order valence-electron chi connectivity index (χ4n) is 2.30. The number of amides is 1. The van der Waals surface area contributed by atoms with Gasteiger partial charge in [-0.3, -0.25) is 4.79 Å². The molecule has 0 bridgehead atoms. The Labute approximate surface area is 128 Å². The predicted molar refractivity (Wildman–Crippen MR) is 83.3 cm³/mol. The Kier molecular flexibility index (Phi) is 3.63. The molecule has 0 aliphatic heterocycles. The average molecular weight is 290 g/mol. The van der Waals surface area contributed by atoms with Gasteiger partial charge in [-0.1, -0.05) is 24.3 Å². The number of nitrogens with one attached hydrogen (secondary N) is 1. The molecule has 108 valence electrons. The quantitative estimate of drug-likeness (QED) is 0.798. The smallest absolute Gasteiger partial charge is 0.251 e. The Morgan fingerprint density at radius 1 is 1.18 bits per heavy atom. The summed E-state index contributed by atoms with van der Waals surface area (Å²) in [5.41, 5.74) is 1.72. The summed E-state index contributed by atoms with van der Waals surface area (Å²) in [6.45, 7) is 1.86. The number of nitrogens with zero attached hydrogens (tertiary/aromatic N) is 1. The number of hydrogen-bond acceptors (Lipinski definition) is 3. The van der Waals surface area contributed by atoms with E-state index in [0.29, 0.717) is 16.9 Å². The lowest BCUT2D eigenvalue weighted by Crippen LogP contribution is -2.26. The van der Waals surface area contributed by atoms with Gasteiger partial charge in [0.15, 0.2) is 0 Å². The summed E-state index contributed by atoms with van der Waals surface area (Å²) in [4.78, 5) is 12.2. The molecule has 1 unspecified atom stereocenters. The van der Waals surface area contributed by atoms with Crippen molar-refractivity contribution < 1.29 is 9.21 Å². The second kappa shape index (κ2) is 5.74. The molecule has 0 saturated carbocycles. The van der Waals surface area contributed by atoms with E-state index in [1.807, 2.05) is 43.3 Å². The highest BCUT2D eigenvalue weighted by Crippen LogP contribution is 2.23. The van der Waals surface area contributed by atoms with Gasteiger partial charge in [0.05, 0.1) is 17.7 Å². The van der Waals surface area contributed by atoms with Gasteiger partial charge in [0.25, 0.3) is 5.91 Å². The van der Waals surface area contributed by atoms with Crippen LogP contribution in [-0.2, 0) is 0 Å². The molecule has 4 heteroatoms. The van der Waals surface area contributed by atoms with Gasteiger partial charge < -0.3 is 9.73 Å². The summed E-state index contributed by atoms with van der Waals surface area (Å²) < 4.78 is 5.74. The summed E-state index contributed by atoms with van der Waals surface area (Å²) >= 11 is 0. The fourth-order valence-corrected chi connectivity index (χ4v) is 2.30. The van der Waals surface area contributed by atoms with Crippen molar-refractivity contribution in [3.63, 3.8) is 0 Å². The van der Waals surface area contributed by atoms with Gasteiger partial charge in [-0.2, -0.15) is 5.26 Å². The normalized spacial score (nSPS) is 11.8. The van der Waals surface area contributed by atoms with Crippen LogP contribution < -0.4 is 5.32 Å². The molecular weight excluding hydrogens is 276 g/mol. The van der Waals surface area contributed by atoms with Gasteiger partial charge in [0.2, 0.25) is 0 Å². The van der Waals surface area contributed by atoms with Crippen molar-refractivity contribution in [2.75, 3.05) is 0 Å². The van der Waals surface area contributed by atoms with E-state index in [0.717, 1.165) is 11.0 Å². The minimum absolute atomic E-state index is 0.231. The topological polar surface area (TPSA) is 66.0 Å². The van der Waals surface area contributed by atoms with Gasteiger partial charge in [-0.15, -0.1) is 0 Å². The molecule has 1 amide bonds. The molecule has 22 heavy (non-hydrogen) atoms. The molecule has 3 aromatic rings. The summed E-state index contributed by atoms with van der Waals surface area (Å²) in [5.74, 6) is 0.469. The zero-order valence-corrected chi connectivity index (χ0v) is 12.0. The van der Waals surface area contributed by atoms with Crippen LogP contribution in [0, 0.1) is 11.3 Å². The maximum atomic E-state index is 12.2. The highest BCUT2D eigenvalue weighted by atomic mass is 16.3. The van der Waals surface area contributed by atoms with E-state index in [2.05, 4.69) is 5.32 Å². The first-order chi connectivity index (χ1) is 10.7. The largest absolute Gasteiger partial charge is 0.459 e. The van der Waals surface area contributed by atoms with Gasteiger partial charge in [-0.05, 0) is 37.3 Å². The van der Waals surface area contributed by atoms with Crippen LogP contribution in [0.5, 0.6) is 0 Å². The first kappa shape index (κ1) is 13.9. The van der Waals surface area contributed by atoms with Crippen molar-refractivity contribution in [2.45, 2.75) is 13.0 Å². The molecule has 2 aromatic carbocycles. The van der Waals surface area contributed by atoms with Crippen molar-refractivity contribution >= 4 is 16.9 Å². The number of hydrogen-bond donors (Lipinski definition) is 1. The van der Waals surface area contributed by atoms with Crippen LogP contribution in [0.1, 0.15) is 34.6 Å². The maximum absolute atomic E-state index is 12.2. The van der Waals surface area contributed by atoms with Crippen molar-refractivity contribution in [2.24, 2.45) is 0 Å². The van der Waals surface area contributed by atoms with E-state index in [1.165, 1.54) is 0 Å². The molecule has 0 radical (unpaired) electrons. The zero-order chi connectivity index (χ0) is 15.5. The number of carbonyl (C=O) groups is 1. The van der Waals surface area contributed by atoms with Crippen LogP contribution in [0.15, 0.2) is 59.0 Å². The van der Waals surface area contributed by atoms with Crippen molar-refractivity contribution in [1.29, 1.82) is 5.26 Å². The molecule has 0 saturated heterocycles. The lowest BCUT2D eigenvalue weighted by molar-refractivity contribution is 0.0935. The second-order valence-corrected chi connectivity index (χ2v) is 5.07. The van der Waals surface area contributed by atoms with Gasteiger partial charge in [0.1, 0.15) is 11.3 Å². The number of fused-ring (bicyclic) bond motifs is 1. The number of carbonyl (C=O) groups excluding carboxylic acids is 1. The zero-order valence-electron chi connectivity index (χ0n) is 12.0. The number of nitriles is 1. The third-order valence-electron chi connectivity index (χ3n) is 3.47. The predicted octanol–water partition coefficient (Wildman–Crippen LogP) is 3.80. The van der Waals surface area contributed by atoms with E-state index < -0.39 is 0 Å². The van der Waals surface area contributed by atoms with Gasteiger partial charge in [0, 0.05) is 10.9 Å². The minimum Gasteiger partial charge on any atom is -0.459 e. The van der Waals surface area contributed by atoms with Crippen LogP contribution in [0.3, 0.4) is 0 Å². The van der Waals surface area contributed by atoms with Crippen LogP contribution in [0.25, 0.3) is 11.0 Å². The Morgan fingerprint density at radius 3 is 2.77 bits per heavy atom. The minimum atomic E-state index is -0.259. The van der Waals surface area contributed by atoms with Crippen molar-refractivity contribution in [3.8, 4) is 6.07 Å². The van der Waals surface area contributed by atoms with Crippen molar-refractivity contribution in [3.05, 3.63) is 71.5 Å². The number of rotatable bonds is 3. The highest BCUT2D eigenvalue weighted by molar-refractivity contribution is 5.94. The third kappa shape index (κ3) is 2.70. The van der Waals surface area contributed by atoms with Crippen LogP contribution in [-0.4, -0.2) is 5.91 Å². The number of furan rings is 1. The molecule has 1 aromatic heterocycles. The molecule has 1 atom stereocenters. The highest BCUT2D eigenvalue weighted by Gasteiger charge is 2.15. The van der Waals surface area contributed by atoms with E-state index >= 15 is 0 Å². The summed E-state index contributed by atoms with van der Waals surface area (Å²) in [6.07, 6.45) is 0. The SMILES string of the molecule is CC(NC(=O)c1cccc(C#N)c1)c1cc2ccccc2o1. The summed E-state index contributed by atoms with van der Waals surface area (Å²) in [6, 6.07) is 18.0. The molecule has 1 N–H and O–H groups in total. The molecule has 0 fully saturated rings. The standard InChI is InChI=1S/C18H14N2O2/c1-12(17-10-14-6-2-3-8-16(14)22-17)20-18(21)15-7-4-5-13(9-15)11-19/h2-10,12H,1H3,(H,20,21). The van der Waals surface area contributed by atoms with E-state index in [4.69, 9.17) is 9.68 Å². The fraction of sp³-hybridized carbons (Fsp3) is 0.111. The molecule has 3 rings (SSSR count). The summed E-state index contributed by atoms with van der Waals surface area (Å²) in [7, 11) is 0. The first-order valence-electron chi connectivity index (χ1n) is 6.97. The van der Waals surface area contributed by atoms with Gasteiger partial charge in [-0.25, -0.2) is 0 Å².